The SMILES string of the molecule is CCN(CC)C(=O)c1ccc(C(=O)Nc2nc(CN3CC(C)OC(C)C3)cs2)cc1. The molecule has 162 valence electrons. The molecule has 1 fully saturated rings. The van der Waals surface area contributed by atoms with Crippen LogP contribution in [-0.2, 0) is 11.3 Å². The highest BCUT2D eigenvalue weighted by atomic mass is 32.1. The van der Waals surface area contributed by atoms with Gasteiger partial charge in [0.2, 0.25) is 0 Å². The van der Waals surface area contributed by atoms with Gasteiger partial charge in [-0.15, -0.1) is 11.3 Å². The average Bonchev–Trinajstić information content (AvgIpc) is 3.14. The molecule has 3 rings (SSSR count). The van der Waals surface area contributed by atoms with Crippen LogP contribution in [0, 0.1) is 0 Å². The van der Waals surface area contributed by atoms with Crippen LogP contribution in [0.3, 0.4) is 0 Å². The minimum absolute atomic E-state index is 0.0247. The number of amides is 2. The minimum atomic E-state index is -0.230. The van der Waals surface area contributed by atoms with Gasteiger partial charge >= 0.3 is 0 Å². The predicted molar refractivity (Wildman–Crippen MR) is 119 cm³/mol. The van der Waals surface area contributed by atoms with Crippen molar-refractivity contribution in [1.29, 1.82) is 0 Å². The molecular weight excluding hydrogens is 400 g/mol. The Balaban J connectivity index is 1.58. The second-order valence-electron chi connectivity index (χ2n) is 7.60. The lowest BCUT2D eigenvalue weighted by atomic mass is 10.1. The number of benzene rings is 1. The first-order valence-corrected chi connectivity index (χ1v) is 11.3. The summed E-state index contributed by atoms with van der Waals surface area (Å²) in [5.74, 6) is -0.255. The van der Waals surface area contributed by atoms with Crippen LogP contribution in [-0.4, -0.2) is 65.0 Å². The topological polar surface area (TPSA) is 74.8 Å². The molecule has 2 amide bonds. The first kappa shape index (κ1) is 22.4. The summed E-state index contributed by atoms with van der Waals surface area (Å²) in [5, 5.41) is 5.41. The molecule has 1 aliphatic rings. The molecule has 2 aromatic rings. The van der Waals surface area contributed by atoms with Crippen LogP contribution < -0.4 is 5.32 Å². The first-order chi connectivity index (χ1) is 14.4. The molecule has 2 unspecified atom stereocenters. The fraction of sp³-hybridized carbons (Fsp3) is 0.500. The Labute approximate surface area is 182 Å². The Morgan fingerprint density at radius 3 is 2.33 bits per heavy atom. The standard InChI is InChI=1S/C22H30N4O3S/c1-5-26(6-2)21(28)18-9-7-17(8-10-18)20(27)24-22-23-19(14-30-22)13-25-11-15(3)29-16(4)12-25/h7-10,14-16H,5-6,11-13H2,1-4H3,(H,23,24,27). The molecule has 1 aromatic heterocycles. The van der Waals surface area contributed by atoms with Crippen molar-refractivity contribution < 1.29 is 14.3 Å². The van der Waals surface area contributed by atoms with E-state index in [0.717, 1.165) is 25.3 Å². The minimum Gasteiger partial charge on any atom is -0.373 e. The van der Waals surface area contributed by atoms with Crippen molar-refractivity contribution >= 4 is 28.3 Å². The molecular formula is C22H30N4O3S. The molecule has 1 saturated heterocycles. The van der Waals surface area contributed by atoms with Crippen LogP contribution in [0.25, 0.3) is 0 Å². The Bertz CT molecular complexity index is 854. The van der Waals surface area contributed by atoms with Crippen LogP contribution >= 0.6 is 11.3 Å². The number of anilines is 1. The number of nitrogens with zero attached hydrogens (tertiary/aromatic N) is 3. The highest BCUT2D eigenvalue weighted by molar-refractivity contribution is 7.14. The fourth-order valence-electron chi connectivity index (χ4n) is 3.71. The van der Waals surface area contributed by atoms with Gasteiger partial charge in [-0.25, -0.2) is 4.98 Å². The second kappa shape index (κ2) is 10.1. The third-order valence-corrected chi connectivity index (χ3v) is 5.90. The Morgan fingerprint density at radius 1 is 1.13 bits per heavy atom. The maximum absolute atomic E-state index is 12.6. The van der Waals surface area contributed by atoms with Crippen molar-refractivity contribution in [3.05, 3.63) is 46.5 Å². The van der Waals surface area contributed by atoms with Crippen LogP contribution in [0.4, 0.5) is 5.13 Å². The van der Waals surface area contributed by atoms with Crippen LogP contribution in [0.1, 0.15) is 54.1 Å². The number of hydrogen-bond acceptors (Lipinski definition) is 6. The lowest BCUT2D eigenvalue weighted by Crippen LogP contribution is -2.44. The number of aromatic nitrogens is 1. The smallest absolute Gasteiger partial charge is 0.257 e. The number of morpholine rings is 1. The van der Waals surface area contributed by atoms with Crippen molar-refractivity contribution in [1.82, 2.24) is 14.8 Å². The maximum atomic E-state index is 12.6. The molecule has 1 N–H and O–H groups in total. The van der Waals surface area contributed by atoms with E-state index >= 15 is 0 Å². The van der Waals surface area contributed by atoms with E-state index in [4.69, 9.17) is 4.74 Å². The zero-order chi connectivity index (χ0) is 21.7. The Kier molecular flexibility index (Phi) is 7.58. The molecule has 8 heteroatoms. The summed E-state index contributed by atoms with van der Waals surface area (Å²) < 4.78 is 5.77. The molecule has 2 atom stereocenters. The summed E-state index contributed by atoms with van der Waals surface area (Å²) in [4.78, 5) is 33.6. The number of carbonyl (C=O) groups is 2. The van der Waals surface area contributed by atoms with E-state index in [2.05, 4.69) is 29.0 Å². The summed E-state index contributed by atoms with van der Waals surface area (Å²) >= 11 is 1.42. The van der Waals surface area contributed by atoms with Gasteiger partial charge in [0, 0.05) is 49.2 Å². The molecule has 0 spiro atoms. The van der Waals surface area contributed by atoms with Gasteiger partial charge in [0.05, 0.1) is 17.9 Å². The van der Waals surface area contributed by atoms with E-state index in [9.17, 15) is 9.59 Å². The van der Waals surface area contributed by atoms with Crippen LogP contribution in [0.15, 0.2) is 29.6 Å². The van der Waals surface area contributed by atoms with Crippen molar-refractivity contribution in [2.75, 3.05) is 31.5 Å². The van der Waals surface area contributed by atoms with Gasteiger partial charge < -0.3 is 9.64 Å². The van der Waals surface area contributed by atoms with Gasteiger partial charge in [0.1, 0.15) is 0 Å². The average molecular weight is 431 g/mol. The van der Waals surface area contributed by atoms with E-state index < -0.39 is 0 Å². The largest absolute Gasteiger partial charge is 0.373 e. The summed E-state index contributed by atoms with van der Waals surface area (Å²) in [7, 11) is 0. The zero-order valence-electron chi connectivity index (χ0n) is 18.1. The van der Waals surface area contributed by atoms with Crippen molar-refractivity contribution in [2.24, 2.45) is 0 Å². The van der Waals surface area contributed by atoms with E-state index in [1.165, 1.54) is 11.3 Å². The highest BCUT2D eigenvalue weighted by Crippen LogP contribution is 2.20. The van der Waals surface area contributed by atoms with Gasteiger partial charge in [0.15, 0.2) is 5.13 Å². The molecule has 2 heterocycles. The molecule has 0 saturated carbocycles. The van der Waals surface area contributed by atoms with Crippen molar-refractivity contribution in [3.8, 4) is 0 Å². The maximum Gasteiger partial charge on any atom is 0.257 e. The number of rotatable bonds is 7. The van der Waals surface area contributed by atoms with Gasteiger partial charge in [-0.3, -0.25) is 19.8 Å². The van der Waals surface area contributed by atoms with Gasteiger partial charge in [-0.2, -0.15) is 0 Å². The molecule has 0 bridgehead atoms. The number of nitrogens with one attached hydrogen (secondary N) is 1. The normalized spacial score (nSPS) is 19.5. The summed E-state index contributed by atoms with van der Waals surface area (Å²) in [6.45, 7) is 11.9. The molecule has 30 heavy (non-hydrogen) atoms. The molecule has 0 radical (unpaired) electrons. The summed E-state index contributed by atoms with van der Waals surface area (Å²) in [5.41, 5.74) is 2.02. The predicted octanol–water partition coefficient (Wildman–Crippen LogP) is 3.49. The monoisotopic (exact) mass is 430 g/mol. The molecule has 0 aliphatic carbocycles. The Hall–Kier alpha value is -2.29. The molecule has 1 aliphatic heterocycles. The second-order valence-corrected chi connectivity index (χ2v) is 8.46. The third kappa shape index (κ3) is 5.65. The van der Waals surface area contributed by atoms with Crippen molar-refractivity contribution in [2.45, 2.75) is 46.4 Å². The van der Waals surface area contributed by atoms with Gasteiger partial charge in [-0.1, -0.05) is 0 Å². The molecule has 1 aromatic carbocycles. The van der Waals surface area contributed by atoms with E-state index in [-0.39, 0.29) is 24.0 Å². The van der Waals surface area contributed by atoms with Gasteiger partial charge in [-0.05, 0) is 52.0 Å². The molecule has 7 nitrogen and oxygen atoms in total. The third-order valence-electron chi connectivity index (χ3n) is 5.10. The lowest BCUT2D eigenvalue weighted by Gasteiger charge is -2.34. The fourth-order valence-corrected chi connectivity index (χ4v) is 4.40. The van der Waals surface area contributed by atoms with E-state index in [1.807, 2.05) is 19.2 Å². The highest BCUT2D eigenvalue weighted by Gasteiger charge is 2.23. The van der Waals surface area contributed by atoms with Crippen LogP contribution in [0.2, 0.25) is 0 Å². The summed E-state index contributed by atoms with van der Waals surface area (Å²) in [6, 6.07) is 6.75. The number of ether oxygens (including phenoxy) is 1. The number of carbonyl (C=O) groups excluding carboxylic acids is 2. The number of thiazole rings is 1. The van der Waals surface area contributed by atoms with Crippen LogP contribution in [0.5, 0.6) is 0 Å². The van der Waals surface area contributed by atoms with E-state index in [1.54, 1.807) is 29.2 Å². The van der Waals surface area contributed by atoms with E-state index in [0.29, 0.717) is 29.3 Å². The van der Waals surface area contributed by atoms with Crippen molar-refractivity contribution in [3.63, 3.8) is 0 Å². The first-order valence-electron chi connectivity index (χ1n) is 10.4. The van der Waals surface area contributed by atoms with Gasteiger partial charge in [0.25, 0.3) is 11.8 Å². The quantitative estimate of drug-likeness (QED) is 0.728. The Morgan fingerprint density at radius 2 is 1.73 bits per heavy atom. The summed E-state index contributed by atoms with van der Waals surface area (Å²) in [6.07, 6.45) is 0.422. The number of hydrogen-bond donors (Lipinski definition) is 1. The zero-order valence-corrected chi connectivity index (χ0v) is 18.9. The lowest BCUT2D eigenvalue weighted by molar-refractivity contribution is -0.0707.